The molecule has 0 saturated carbocycles. The molecule has 0 atom stereocenters. The second-order valence-electron chi connectivity index (χ2n) is 3.53. The van der Waals surface area contributed by atoms with Crippen molar-refractivity contribution in [3.8, 4) is 0 Å². The number of benzene rings is 1. The second-order valence-corrected chi connectivity index (χ2v) is 3.94. The SMILES string of the molecule is Cc1c(C(N)=O)n(C)c2cccc(Cl)c12. The van der Waals surface area contributed by atoms with Gasteiger partial charge in [0.15, 0.2) is 0 Å². The Morgan fingerprint density at radius 2 is 2.13 bits per heavy atom. The third-order valence-corrected chi connectivity index (χ3v) is 2.97. The molecule has 0 bridgehead atoms. The van der Waals surface area contributed by atoms with Crippen LogP contribution in [-0.4, -0.2) is 10.5 Å². The largest absolute Gasteiger partial charge is 0.364 e. The van der Waals surface area contributed by atoms with Gasteiger partial charge in [-0.25, -0.2) is 0 Å². The first-order valence-corrected chi connectivity index (χ1v) is 4.95. The molecule has 3 nitrogen and oxygen atoms in total. The molecule has 0 spiro atoms. The zero-order chi connectivity index (χ0) is 11.2. The Kier molecular flexibility index (Phi) is 2.20. The number of halogens is 1. The molecule has 0 fully saturated rings. The summed E-state index contributed by atoms with van der Waals surface area (Å²) in [6, 6.07) is 5.58. The molecule has 0 saturated heterocycles. The number of primary amides is 1. The highest BCUT2D eigenvalue weighted by atomic mass is 35.5. The van der Waals surface area contributed by atoms with E-state index in [0.717, 1.165) is 16.5 Å². The standard InChI is InChI=1S/C11H11ClN2O/c1-6-9-7(12)4-3-5-8(9)14(2)10(6)11(13)15/h3-5H,1-2H3,(H2,13,15). The quantitative estimate of drug-likeness (QED) is 0.791. The van der Waals surface area contributed by atoms with Crippen molar-refractivity contribution in [1.82, 2.24) is 4.57 Å². The monoisotopic (exact) mass is 222 g/mol. The summed E-state index contributed by atoms with van der Waals surface area (Å²) in [4.78, 5) is 11.3. The van der Waals surface area contributed by atoms with Gasteiger partial charge in [0.2, 0.25) is 0 Å². The van der Waals surface area contributed by atoms with Gasteiger partial charge in [0.1, 0.15) is 5.69 Å². The van der Waals surface area contributed by atoms with Crippen LogP contribution >= 0.6 is 11.6 Å². The van der Waals surface area contributed by atoms with E-state index in [-0.39, 0.29) is 0 Å². The lowest BCUT2D eigenvalue weighted by Gasteiger charge is -1.99. The van der Waals surface area contributed by atoms with Crippen molar-refractivity contribution < 1.29 is 4.79 Å². The minimum atomic E-state index is -0.428. The molecule has 2 aromatic rings. The molecular weight excluding hydrogens is 212 g/mol. The van der Waals surface area contributed by atoms with Crippen LogP contribution in [0.4, 0.5) is 0 Å². The molecule has 0 unspecified atom stereocenters. The number of fused-ring (bicyclic) bond motifs is 1. The zero-order valence-electron chi connectivity index (χ0n) is 8.54. The van der Waals surface area contributed by atoms with Gasteiger partial charge < -0.3 is 10.3 Å². The molecule has 1 aromatic heterocycles. The average molecular weight is 223 g/mol. The van der Waals surface area contributed by atoms with Crippen molar-refractivity contribution in [2.45, 2.75) is 6.92 Å². The first-order chi connectivity index (χ1) is 7.04. The van der Waals surface area contributed by atoms with Crippen LogP contribution in [0.15, 0.2) is 18.2 Å². The minimum absolute atomic E-state index is 0.428. The van der Waals surface area contributed by atoms with E-state index in [1.165, 1.54) is 0 Å². The normalized spacial score (nSPS) is 10.9. The van der Waals surface area contributed by atoms with E-state index in [1.807, 2.05) is 32.2 Å². The lowest BCUT2D eigenvalue weighted by atomic mass is 10.1. The smallest absolute Gasteiger partial charge is 0.265 e. The Morgan fingerprint density at radius 1 is 1.47 bits per heavy atom. The van der Waals surface area contributed by atoms with Crippen molar-refractivity contribution in [3.63, 3.8) is 0 Å². The summed E-state index contributed by atoms with van der Waals surface area (Å²) in [6.07, 6.45) is 0. The number of amides is 1. The Balaban J connectivity index is 2.98. The van der Waals surface area contributed by atoms with Crippen LogP contribution in [0.5, 0.6) is 0 Å². The van der Waals surface area contributed by atoms with E-state index in [2.05, 4.69) is 0 Å². The molecule has 0 radical (unpaired) electrons. The number of nitrogens with zero attached hydrogens (tertiary/aromatic N) is 1. The molecule has 0 aliphatic heterocycles. The molecular formula is C11H11ClN2O. The van der Waals surface area contributed by atoms with Gasteiger partial charge in [0, 0.05) is 12.4 Å². The van der Waals surface area contributed by atoms with Crippen LogP contribution in [0.3, 0.4) is 0 Å². The average Bonchev–Trinajstić information content (AvgIpc) is 2.40. The highest BCUT2D eigenvalue weighted by Gasteiger charge is 2.17. The van der Waals surface area contributed by atoms with Crippen molar-refractivity contribution in [2.24, 2.45) is 12.8 Å². The molecule has 0 aliphatic rings. The number of rotatable bonds is 1. The summed E-state index contributed by atoms with van der Waals surface area (Å²) in [5, 5.41) is 1.54. The summed E-state index contributed by atoms with van der Waals surface area (Å²) in [5.74, 6) is -0.428. The van der Waals surface area contributed by atoms with Crippen LogP contribution in [-0.2, 0) is 7.05 Å². The number of hydrogen-bond acceptors (Lipinski definition) is 1. The van der Waals surface area contributed by atoms with Crippen LogP contribution in [0.1, 0.15) is 16.1 Å². The van der Waals surface area contributed by atoms with Crippen molar-refractivity contribution >= 4 is 28.4 Å². The fraction of sp³-hybridized carbons (Fsp3) is 0.182. The third kappa shape index (κ3) is 1.31. The van der Waals surface area contributed by atoms with Crippen LogP contribution in [0, 0.1) is 6.92 Å². The van der Waals surface area contributed by atoms with E-state index >= 15 is 0 Å². The number of aryl methyl sites for hydroxylation is 2. The number of carbonyl (C=O) groups is 1. The summed E-state index contributed by atoms with van der Waals surface area (Å²) in [6.45, 7) is 1.86. The number of hydrogen-bond donors (Lipinski definition) is 1. The third-order valence-electron chi connectivity index (χ3n) is 2.65. The first kappa shape index (κ1) is 10.1. The van der Waals surface area contributed by atoms with Crippen LogP contribution < -0.4 is 5.73 Å². The second kappa shape index (κ2) is 3.28. The molecule has 4 heteroatoms. The predicted molar refractivity (Wildman–Crippen MR) is 61.2 cm³/mol. The Hall–Kier alpha value is -1.48. The number of carbonyl (C=O) groups excluding carboxylic acids is 1. The maximum absolute atomic E-state index is 11.3. The fourth-order valence-corrected chi connectivity index (χ4v) is 2.32. The maximum atomic E-state index is 11.3. The lowest BCUT2D eigenvalue weighted by Crippen LogP contribution is -2.16. The van der Waals surface area contributed by atoms with E-state index < -0.39 is 5.91 Å². The van der Waals surface area contributed by atoms with E-state index in [4.69, 9.17) is 17.3 Å². The molecule has 15 heavy (non-hydrogen) atoms. The van der Waals surface area contributed by atoms with Gasteiger partial charge in [-0.3, -0.25) is 4.79 Å². The summed E-state index contributed by atoms with van der Waals surface area (Å²) in [5.41, 5.74) is 7.60. The molecule has 1 heterocycles. The van der Waals surface area contributed by atoms with E-state index in [9.17, 15) is 4.79 Å². The van der Waals surface area contributed by atoms with Gasteiger partial charge in [-0.1, -0.05) is 17.7 Å². The van der Waals surface area contributed by atoms with Crippen molar-refractivity contribution in [1.29, 1.82) is 0 Å². The Morgan fingerprint density at radius 3 is 2.67 bits per heavy atom. The molecule has 2 N–H and O–H groups in total. The molecule has 2 rings (SSSR count). The summed E-state index contributed by atoms with van der Waals surface area (Å²) < 4.78 is 1.78. The van der Waals surface area contributed by atoms with Crippen LogP contribution in [0.2, 0.25) is 5.02 Å². The highest BCUT2D eigenvalue weighted by molar-refractivity contribution is 6.36. The Labute approximate surface area is 92.4 Å². The van der Waals surface area contributed by atoms with Gasteiger partial charge in [-0.15, -0.1) is 0 Å². The van der Waals surface area contributed by atoms with Gasteiger partial charge in [0.25, 0.3) is 5.91 Å². The van der Waals surface area contributed by atoms with Crippen LogP contribution in [0.25, 0.3) is 10.9 Å². The summed E-state index contributed by atoms with van der Waals surface area (Å²) in [7, 11) is 1.81. The van der Waals surface area contributed by atoms with Gasteiger partial charge >= 0.3 is 0 Å². The highest BCUT2D eigenvalue weighted by Crippen LogP contribution is 2.30. The van der Waals surface area contributed by atoms with Gasteiger partial charge in [-0.05, 0) is 24.6 Å². The molecule has 0 aliphatic carbocycles. The molecule has 1 amide bonds. The van der Waals surface area contributed by atoms with Crippen molar-refractivity contribution in [3.05, 3.63) is 34.5 Å². The van der Waals surface area contributed by atoms with Crippen molar-refractivity contribution in [2.75, 3.05) is 0 Å². The number of aromatic nitrogens is 1. The zero-order valence-corrected chi connectivity index (χ0v) is 9.30. The maximum Gasteiger partial charge on any atom is 0.265 e. The predicted octanol–water partition coefficient (Wildman–Crippen LogP) is 2.24. The number of nitrogens with two attached hydrogens (primary N) is 1. The van der Waals surface area contributed by atoms with E-state index in [1.54, 1.807) is 4.57 Å². The minimum Gasteiger partial charge on any atom is -0.364 e. The molecule has 78 valence electrons. The summed E-state index contributed by atoms with van der Waals surface area (Å²) >= 11 is 6.09. The fourth-order valence-electron chi connectivity index (χ4n) is 2.00. The van der Waals surface area contributed by atoms with Gasteiger partial charge in [0.05, 0.1) is 10.5 Å². The molecule has 1 aromatic carbocycles. The van der Waals surface area contributed by atoms with Gasteiger partial charge in [-0.2, -0.15) is 0 Å². The Bertz CT molecular complexity index is 557. The first-order valence-electron chi connectivity index (χ1n) is 4.57. The lowest BCUT2D eigenvalue weighted by molar-refractivity contribution is 0.0992. The topological polar surface area (TPSA) is 48.0 Å². The van der Waals surface area contributed by atoms with E-state index in [0.29, 0.717) is 10.7 Å².